The molecular weight excluding hydrogens is 136 g/mol. The van der Waals surface area contributed by atoms with Crippen LogP contribution in [0.2, 0.25) is 0 Å². The zero-order valence-corrected chi connectivity index (χ0v) is 7.05. The van der Waals surface area contributed by atoms with Crippen molar-refractivity contribution < 1.29 is 0 Å². The lowest BCUT2D eigenvalue weighted by molar-refractivity contribution is 0.419. The Morgan fingerprint density at radius 2 is 2.00 bits per heavy atom. The molecule has 0 atom stereocenters. The zero-order chi connectivity index (χ0) is 7.94. The molecule has 0 aromatic carbocycles. The van der Waals surface area contributed by atoms with E-state index < -0.39 is 0 Å². The monoisotopic (exact) mass is 154 g/mol. The third-order valence-corrected chi connectivity index (χ3v) is 2.29. The Morgan fingerprint density at radius 1 is 1.27 bits per heavy atom. The largest absolute Gasteiger partial charge is 0.271 e. The summed E-state index contributed by atoms with van der Waals surface area (Å²) in [6.45, 7) is 0.802. The molecule has 1 aliphatic rings. The van der Waals surface area contributed by atoms with Crippen LogP contribution in [0.15, 0.2) is 12.2 Å². The van der Waals surface area contributed by atoms with Crippen LogP contribution in [-0.2, 0) is 0 Å². The zero-order valence-electron chi connectivity index (χ0n) is 7.05. The second-order valence-corrected chi connectivity index (χ2v) is 3.23. The van der Waals surface area contributed by atoms with E-state index >= 15 is 0 Å². The fourth-order valence-electron chi connectivity index (χ4n) is 1.66. The fraction of sp³-hybridized carbons (Fsp3) is 0.778. The number of nitrogens with two attached hydrogens (primary N) is 1. The second-order valence-electron chi connectivity index (χ2n) is 3.23. The molecule has 1 saturated carbocycles. The number of hydrogen-bond acceptors (Lipinski definition) is 2. The average molecular weight is 154 g/mol. The molecule has 0 radical (unpaired) electrons. The summed E-state index contributed by atoms with van der Waals surface area (Å²) in [7, 11) is 0. The van der Waals surface area contributed by atoms with Crippen LogP contribution in [0, 0.1) is 5.92 Å². The van der Waals surface area contributed by atoms with Gasteiger partial charge in [-0.3, -0.25) is 11.3 Å². The topological polar surface area (TPSA) is 38.0 Å². The molecule has 1 fully saturated rings. The van der Waals surface area contributed by atoms with E-state index in [1.807, 2.05) is 0 Å². The molecule has 0 spiro atoms. The molecule has 0 saturated heterocycles. The summed E-state index contributed by atoms with van der Waals surface area (Å²) < 4.78 is 0. The smallest absolute Gasteiger partial charge is 0.0278 e. The second kappa shape index (κ2) is 5.33. The Balaban J connectivity index is 2.13. The summed E-state index contributed by atoms with van der Waals surface area (Å²) >= 11 is 0. The van der Waals surface area contributed by atoms with Gasteiger partial charge in [-0.05, 0) is 18.8 Å². The van der Waals surface area contributed by atoms with Gasteiger partial charge in [-0.25, -0.2) is 0 Å². The van der Waals surface area contributed by atoms with E-state index in [1.165, 1.54) is 32.1 Å². The van der Waals surface area contributed by atoms with Crippen LogP contribution in [0.3, 0.4) is 0 Å². The lowest BCUT2D eigenvalue weighted by Crippen LogP contribution is -2.21. The molecule has 0 heterocycles. The molecule has 1 aliphatic carbocycles. The first-order chi connectivity index (χ1) is 5.43. The van der Waals surface area contributed by atoms with Crippen LogP contribution in [0.1, 0.15) is 32.1 Å². The summed E-state index contributed by atoms with van der Waals surface area (Å²) in [5, 5.41) is 0. The maximum Gasteiger partial charge on any atom is 0.0278 e. The molecule has 2 nitrogen and oxygen atoms in total. The molecule has 0 aromatic heterocycles. The quantitative estimate of drug-likeness (QED) is 0.368. The molecule has 2 heteroatoms. The Morgan fingerprint density at radius 3 is 2.64 bits per heavy atom. The Labute approximate surface area is 68.8 Å². The van der Waals surface area contributed by atoms with Crippen molar-refractivity contribution in [3.05, 3.63) is 12.2 Å². The predicted octanol–water partition coefficient (Wildman–Crippen LogP) is 1.59. The summed E-state index contributed by atoms with van der Waals surface area (Å²) in [5.74, 6) is 5.97. The van der Waals surface area contributed by atoms with E-state index in [0.717, 1.165) is 12.5 Å². The lowest BCUT2D eigenvalue weighted by atomic mass is 9.89. The van der Waals surface area contributed by atoms with Gasteiger partial charge in [0, 0.05) is 6.54 Å². The van der Waals surface area contributed by atoms with Gasteiger partial charge in [0.2, 0.25) is 0 Å². The minimum atomic E-state index is 0.802. The normalized spacial score (nSPS) is 21.2. The number of hydrazine groups is 1. The highest BCUT2D eigenvalue weighted by Crippen LogP contribution is 2.24. The summed E-state index contributed by atoms with van der Waals surface area (Å²) in [6.07, 6.45) is 11.4. The van der Waals surface area contributed by atoms with Crippen molar-refractivity contribution in [1.29, 1.82) is 0 Å². The minimum Gasteiger partial charge on any atom is -0.271 e. The van der Waals surface area contributed by atoms with E-state index in [2.05, 4.69) is 17.6 Å². The van der Waals surface area contributed by atoms with Gasteiger partial charge < -0.3 is 0 Å². The standard InChI is InChI=1S/C9H18N2/c10-11-8-4-7-9-5-2-1-3-6-9/h4,7,9,11H,1-3,5-6,8,10H2/b7-4+. The predicted molar refractivity (Wildman–Crippen MR) is 47.9 cm³/mol. The van der Waals surface area contributed by atoms with Crippen molar-refractivity contribution in [3.8, 4) is 0 Å². The van der Waals surface area contributed by atoms with Gasteiger partial charge in [-0.2, -0.15) is 0 Å². The van der Waals surface area contributed by atoms with Crippen molar-refractivity contribution in [2.24, 2.45) is 11.8 Å². The van der Waals surface area contributed by atoms with Gasteiger partial charge >= 0.3 is 0 Å². The van der Waals surface area contributed by atoms with Crippen molar-refractivity contribution in [2.45, 2.75) is 32.1 Å². The molecule has 0 aliphatic heterocycles. The Kier molecular flexibility index (Phi) is 4.24. The molecule has 64 valence electrons. The highest BCUT2D eigenvalue weighted by Gasteiger charge is 2.08. The highest BCUT2D eigenvalue weighted by molar-refractivity contribution is 4.90. The van der Waals surface area contributed by atoms with Crippen molar-refractivity contribution in [2.75, 3.05) is 6.54 Å². The third kappa shape index (κ3) is 3.54. The maximum atomic E-state index is 5.14. The maximum absolute atomic E-state index is 5.14. The van der Waals surface area contributed by atoms with Gasteiger partial charge in [0.25, 0.3) is 0 Å². The molecule has 3 N–H and O–H groups in total. The molecule has 0 amide bonds. The molecule has 0 bridgehead atoms. The van der Waals surface area contributed by atoms with Gasteiger partial charge in [0.05, 0.1) is 0 Å². The number of hydrogen-bond donors (Lipinski definition) is 2. The molecule has 1 rings (SSSR count). The molecule has 0 unspecified atom stereocenters. The summed E-state index contributed by atoms with van der Waals surface area (Å²) in [4.78, 5) is 0. The van der Waals surface area contributed by atoms with Crippen LogP contribution in [0.5, 0.6) is 0 Å². The van der Waals surface area contributed by atoms with Crippen LogP contribution >= 0.6 is 0 Å². The minimum absolute atomic E-state index is 0.802. The number of allylic oxidation sites excluding steroid dienone is 1. The van der Waals surface area contributed by atoms with Crippen molar-refractivity contribution >= 4 is 0 Å². The number of nitrogens with one attached hydrogen (secondary N) is 1. The van der Waals surface area contributed by atoms with Crippen LogP contribution in [0.4, 0.5) is 0 Å². The van der Waals surface area contributed by atoms with E-state index in [4.69, 9.17) is 5.84 Å². The van der Waals surface area contributed by atoms with Crippen LogP contribution in [-0.4, -0.2) is 6.54 Å². The molecule has 0 aromatic rings. The van der Waals surface area contributed by atoms with E-state index in [-0.39, 0.29) is 0 Å². The molecule has 11 heavy (non-hydrogen) atoms. The van der Waals surface area contributed by atoms with Gasteiger partial charge in [0.15, 0.2) is 0 Å². The van der Waals surface area contributed by atoms with Gasteiger partial charge in [0.1, 0.15) is 0 Å². The summed E-state index contributed by atoms with van der Waals surface area (Å²) in [6, 6.07) is 0. The average Bonchev–Trinajstić information content (AvgIpc) is 2.07. The Bertz CT molecular complexity index is 115. The Hall–Kier alpha value is -0.340. The van der Waals surface area contributed by atoms with Gasteiger partial charge in [-0.1, -0.05) is 31.4 Å². The van der Waals surface area contributed by atoms with E-state index in [0.29, 0.717) is 0 Å². The van der Waals surface area contributed by atoms with E-state index in [9.17, 15) is 0 Å². The first kappa shape index (κ1) is 8.75. The van der Waals surface area contributed by atoms with Crippen molar-refractivity contribution in [3.63, 3.8) is 0 Å². The van der Waals surface area contributed by atoms with Crippen molar-refractivity contribution in [1.82, 2.24) is 5.43 Å². The third-order valence-electron chi connectivity index (χ3n) is 2.29. The number of rotatable bonds is 3. The van der Waals surface area contributed by atoms with E-state index in [1.54, 1.807) is 0 Å². The first-order valence-electron chi connectivity index (χ1n) is 4.53. The molecular formula is C9H18N2. The van der Waals surface area contributed by atoms with Crippen LogP contribution < -0.4 is 11.3 Å². The lowest BCUT2D eigenvalue weighted by Gasteiger charge is -2.17. The van der Waals surface area contributed by atoms with Gasteiger partial charge in [-0.15, -0.1) is 0 Å². The highest BCUT2D eigenvalue weighted by atomic mass is 15.2. The first-order valence-corrected chi connectivity index (χ1v) is 4.53. The van der Waals surface area contributed by atoms with Crippen LogP contribution in [0.25, 0.3) is 0 Å². The SMILES string of the molecule is NNC/C=C/C1CCCCC1. The summed E-state index contributed by atoms with van der Waals surface area (Å²) in [5.41, 5.74) is 2.62. The fourth-order valence-corrected chi connectivity index (χ4v) is 1.66.